The fourth-order valence-electron chi connectivity index (χ4n) is 1.87. The van der Waals surface area contributed by atoms with Crippen LogP contribution in [0, 0.1) is 13.8 Å². The first-order valence-electron chi connectivity index (χ1n) is 4.86. The second-order valence-corrected chi connectivity index (χ2v) is 3.83. The van der Waals surface area contributed by atoms with Crippen molar-refractivity contribution in [3.8, 4) is 0 Å². The Bertz CT molecular complexity index is 526. The highest BCUT2D eigenvalue weighted by molar-refractivity contribution is 5.83. The van der Waals surface area contributed by atoms with Crippen LogP contribution in [0.15, 0.2) is 24.3 Å². The van der Waals surface area contributed by atoms with E-state index in [1.54, 1.807) is 0 Å². The van der Waals surface area contributed by atoms with Crippen molar-refractivity contribution in [2.45, 2.75) is 20.4 Å². The smallest absolute Gasteiger partial charge is 0.323 e. The van der Waals surface area contributed by atoms with E-state index in [1.807, 2.05) is 36.6 Å². The summed E-state index contributed by atoms with van der Waals surface area (Å²) in [5.74, 6) is -0.809. The highest BCUT2D eigenvalue weighted by Crippen LogP contribution is 2.20. The van der Waals surface area contributed by atoms with Crippen LogP contribution in [-0.2, 0) is 11.3 Å². The van der Waals surface area contributed by atoms with Gasteiger partial charge in [-0.1, -0.05) is 11.6 Å². The molecule has 0 aliphatic carbocycles. The number of aromatic nitrogens is 1. The molecule has 0 saturated heterocycles. The van der Waals surface area contributed by atoms with E-state index in [4.69, 9.17) is 5.11 Å². The number of rotatable bonds is 2. The zero-order valence-electron chi connectivity index (χ0n) is 8.82. The lowest BCUT2D eigenvalue weighted by molar-refractivity contribution is -0.137. The van der Waals surface area contributed by atoms with Crippen molar-refractivity contribution in [1.29, 1.82) is 0 Å². The fraction of sp³-hybridized carbons (Fsp3) is 0.250. The van der Waals surface area contributed by atoms with Crippen molar-refractivity contribution >= 4 is 16.9 Å². The predicted octanol–water partition coefficient (Wildman–Crippen LogP) is 2.34. The second kappa shape index (κ2) is 3.42. The van der Waals surface area contributed by atoms with Gasteiger partial charge in [0, 0.05) is 16.6 Å². The van der Waals surface area contributed by atoms with Crippen LogP contribution >= 0.6 is 0 Å². The predicted molar refractivity (Wildman–Crippen MR) is 59.0 cm³/mol. The first-order valence-corrected chi connectivity index (χ1v) is 4.86. The van der Waals surface area contributed by atoms with Crippen LogP contribution in [0.25, 0.3) is 10.9 Å². The summed E-state index contributed by atoms with van der Waals surface area (Å²) in [7, 11) is 0. The number of aliphatic carboxylic acids is 1. The average molecular weight is 203 g/mol. The van der Waals surface area contributed by atoms with Gasteiger partial charge in [-0.25, -0.2) is 0 Å². The maximum atomic E-state index is 10.7. The van der Waals surface area contributed by atoms with E-state index in [-0.39, 0.29) is 6.54 Å². The third-order valence-corrected chi connectivity index (χ3v) is 2.56. The Morgan fingerprint density at radius 1 is 1.33 bits per heavy atom. The van der Waals surface area contributed by atoms with E-state index >= 15 is 0 Å². The van der Waals surface area contributed by atoms with Gasteiger partial charge in [0.25, 0.3) is 0 Å². The molecule has 0 radical (unpaired) electrons. The molecule has 0 spiro atoms. The second-order valence-electron chi connectivity index (χ2n) is 3.83. The number of nitrogens with zero attached hydrogens (tertiary/aromatic N) is 1. The molecule has 1 heterocycles. The summed E-state index contributed by atoms with van der Waals surface area (Å²) in [5.41, 5.74) is 3.16. The standard InChI is InChI=1S/C12H13NO2/c1-8-3-4-11-10(5-8)6-9(2)13(11)7-12(14)15/h3-6H,7H2,1-2H3,(H,14,15). The first kappa shape index (κ1) is 9.77. The Kier molecular flexibility index (Phi) is 2.23. The molecule has 0 aliphatic rings. The van der Waals surface area contributed by atoms with Crippen molar-refractivity contribution in [3.63, 3.8) is 0 Å². The highest BCUT2D eigenvalue weighted by atomic mass is 16.4. The summed E-state index contributed by atoms with van der Waals surface area (Å²) in [5, 5.41) is 9.91. The molecule has 3 heteroatoms. The lowest BCUT2D eigenvalue weighted by atomic mass is 10.2. The molecule has 0 unspecified atom stereocenters. The van der Waals surface area contributed by atoms with Crippen molar-refractivity contribution in [2.24, 2.45) is 0 Å². The van der Waals surface area contributed by atoms with Crippen molar-refractivity contribution in [2.75, 3.05) is 0 Å². The van der Waals surface area contributed by atoms with E-state index < -0.39 is 5.97 Å². The minimum atomic E-state index is -0.809. The summed E-state index contributed by atoms with van der Waals surface area (Å²) >= 11 is 0. The van der Waals surface area contributed by atoms with Crippen molar-refractivity contribution < 1.29 is 9.90 Å². The van der Waals surface area contributed by atoms with Crippen LogP contribution < -0.4 is 0 Å². The maximum absolute atomic E-state index is 10.7. The van der Waals surface area contributed by atoms with E-state index in [0.717, 1.165) is 16.6 Å². The van der Waals surface area contributed by atoms with E-state index in [9.17, 15) is 4.79 Å². The molecule has 0 fully saturated rings. The van der Waals surface area contributed by atoms with Gasteiger partial charge in [0.2, 0.25) is 0 Å². The Hall–Kier alpha value is -1.77. The number of carboxylic acid groups (broad SMARTS) is 1. The number of fused-ring (bicyclic) bond motifs is 1. The monoisotopic (exact) mass is 203 g/mol. The zero-order valence-corrected chi connectivity index (χ0v) is 8.82. The van der Waals surface area contributed by atoms with E-state index in [1.165, 1.54) is 5.56 Å². The van der Waals surface area contributed by atoms with Gasteiger partial charge in [-0.15, -0.1) is 0 Å². The topological polar surface area (TPSA) is 42.2 Å². The van der Waals surface area contributed by atoms with Crippen LogP contribution in [-0.4, -0.2) is 15.6 Å². The summed E-state index contributed by atoms with van der Waals surface area (Å²) in [6, 6.07) is 8.06. The van der Waals surface area contributed by atoms with Crippen LogP contribution in [0.3, 0.4) is 0 Å². The molecule has 15 heavy (non-hydrogen) atoms. The number of aryl methyl sites for hydroxylation is 2. The van der Waals surface area contributed by atoms with Gasteiger partial charge in [-0.3, -0.25) is 4.79 Å². The number of carboxylic acids is 1. The first-order chi connectivity index (χ1) is 7.08. The van der Waals surface area contributed by atoms with Crippen molar-refractivity contribution in [3.05, 3.63) is 35.5 Å². The van der Waals surface area contributed by atoms with Gasteiger partial charge in [0.1, 0.15) is 6.54 Å². The minimum absolute atomic E-state index is 0.0262. The molecule has 0 bridgehead atoms. The van der Waals surface area contributed by atoms with Crippen LogP contribution in [0.1, 0.15) is 11.3 Å². The molecule has 0 atom stereocenters. The largest absolute Gasteiger partial charge is 0.480 e. The number of hydrogen-bond acceptors (Lipinski definition) is 1. The van der Waals surface area contributed by atoms with Gasteiger partial charge in [-0.05, 0) is 32.0 Å². The average Bonchev–Trinajstić information content (AvgIpc) is 2.41. The normalized spacial score (nSPS) is 10.8. The van der Waals surface area contributed by atoms with Crippen molar-refractivity contribution in [1.82, 2.24) is 4.57 Å². The summed E-state index contributed by atoms with van der Waals surface area (Å²) in [4.78, 5) is 10.7. The third kappa shape index (κ3) is 1.73. The molecule has 2 rings (SSSR count). The third-order valence-electron chi connectivity index (χ3n) is 2.56. The molecule has 1 aromatic carbocycles. The molecule has 0 aliphatic heterocycles. The Balaban J connectivity index is 2.63. The quantitative estimate of drug-likeness (QED) is 0.814. The van der Waals surface area contributed by atoms with Crippen LogP contribution in [0.5, 0.6) is 0 Å². The number of carbonyl (C=O) groups is 1. The van der Waals surface area contributed by atoms with E-state index in [2.05, 4.69) is 6.07 Å². The maximum Gasteiger partial charge on any atom is 0.323 e. The highest BCUT2D eigenvalue weighted by Gasteiger charge is 2.08. The molecular formula is C12H13NO2. The van der Waals surface area contributed by atoms with Gasteiger partial charge >= 0.3 is 5.97 Å². The minimum Gasteiger partial charge on any atom is -0.480 e. The molecule has 3 nitrogen and oxygen atoms in total. The lowest BCUT2D eigenvalue weighted by Gasteiger charge is -2.04. The van der Waals surface area contributed by atoms with E-state index in [0.29, 0.717) is 0 Å². The summed E-state index contributed by atoms with van der Waals surface area (Å²) in [6.07, 6.45) is 0. The van der Waals surface area contributed by atoms with Crippen LogP contribution in [0.2, 0.25) is 0 Å². The van der Waals surface area contributed by atoms with Gasteiger partial charge in [-0.2, -0.15) is 0 Å². The molecule has 0 saturated carbocycles. The Morgan fingerprint density at radius 2 is 2.07 bits per heavy atom. The van der Waals surface area contributed by atoms with Gasteiger partial charge < -0.3 is 9.67 Å². The Labute approximate surface area is 87.9 Å². The number of hydrogen-bond donors (Lipinski definition) is 1. The summed E-state index contributed by atoms with van der Waals surface area (Å²) < 4.78 is 1.82. The molecule has 78 valence electrons. The van der Waals surface area contributed by atoms with Crippen LogP contribution in [0.4, 0.5) is 0 Å². The lowest BCUT2D eigenvalue weighted by Crippen LogP contribution is -2.09. The van der Waals surface area contributed by atoms with Gasteiger partial charge in [0.15, 0.2) is 0 Å². The number of benzene rings is 1. The summed E-state index contributed by atoms with van der Waals surface area (Å²) in [6.45, 7) is 3.99. The SMILES string of the molecule is Cc1ccc2c(c1)cc(C)n2CC(=O)O. The fourth-order valence-corrected chi connectivity index (χ4v) is 1.87. The molecule has 0 amide bonds. The zero-order chi connectivity index (χ0) is 11.0. The van der Waals surface area contributed by atoms with Gasteiger partial charge in [0.05, 0.1) is 0 Å². The Morgan fingerprint density at radius 3 is 2.73 bits per heavy atom. The molecule has 2 aromatic rings. The molecular weight excluding hydrogens is 190 g/mol. The molecule has 1 aromatic heterocycles. The molecule has 1 N–H and O–H groups in total.